The second-order valence-electron chi connectivity index (χ2n) is 7.43. The highest BCUT2D eigenvalue weighted by Crippen LogP contribution is 2.42. The number of hydrogen-bond donors (Lipinski definition) is 0. The van der Waals surface area contributed by atoms with Crippen LogP contribution in [0.4, 0.5) is 8.78 Å². The average molecular weight is 457 g/mol. The number of ether oxygens (including phenoxy) is 3. The van der Waals surface area contributed by atoms with E-state index < -0.39 is 29.4 Å². The molecule has 1 unspecified atom stereocenters. The van der Waals surface area contributed by atoms with Gasteiger partial charge in [0.1, 0.15) is 29.7 Å². The van der Waals surface area contributed by atoms with Crippen molar-refractivity contribution in [3.8, 4) is 11.5 Å². The molecule has 1 aliphatic rings. The molecule has 0 spiro atoms. The minimum atomic E-state index is -0.775. The molecule has 2 aromatic carbocycles. The van der Waals surface area contributed by atoms with Gasteiger partial charge in [-0.1, -0.05) is 18.7 Å². The lowest BCUT2D eigenvalue weighted by molar-refractivity contribution is -0.139. The zero-order valence-electron chi connectivity index (χ0n) is 18.7. The number of benzene rings is 2. The van der Waals surface area contributed by atoms with Crippen LogP contribution in [0.1, 0.15) is 30.4 Å². The van der Waals surface area contributed by atoms with Crippen molar-refractivity contribution in [3.63, 3.8) is 0 Å². The summed E-state index contributed by atoms with van der Waals surface area (Å²) in [7, 11) is 2.98. The maximum Gasteiger partial charge on any atom is 0.336 e. The number of halogens is 2. The van der Waals surface area contributed by atoms with Gasteiger partial charge in [-0.05, 0) is 37.3 Å². The number of carbonyl (C=O) groups is 2. The van der Waals surface area contributed by atoms with Crippen LogP contribution in [0.5, 0.6) is 11.5 Å². The lowest BCUT2D eigenvalue weighted by Crippen LogP contribution is -2.38. The number of hydrogen-bond acceptors (Lipinski definition) is 5. The van der Waals surface area contributed by atoms with Gasteiger partial charge in [0.15, 0.2) is 0 Å². The first kappa shape index (κ1) is 24.0. The lowest BCUT2D eigenvalue weighted by atomic mass is 9.83. The van der Waals surface area contributed by atoms with E-state index in [-0.39, 0.29) is 36.4 Å². The fourth-order valence-corrected chi connectivity index (χ4v) is 3.90. The van der Waals surface area contributed by atoms with Gasteiger partial charge in [0.25, 0.3) is 0 Å². The van der Waals surface area contributed by atoms with E-state index in [1.54, 1.807) is 25.1 Å². The van der Waals surface area contributed by atoms with Crippen molar-refractivity contribution < 1.29 is 32.6 Å². The lowest BCUT2D eigenvalue weighted by Gasteiger charge is -2.35. The highest BCUT2D eigenvalue weighted by atomic mass is 19.1. The molecule has 8 heteroatoms. The molecule has 0 N–H and O–H groups in total. The highest BCUT2D eigenvalue weighted by Gasteiger charge is 2.38. The van der Waals surface area contributed by atoms with Crippen LogP contribution in [0.15, 0.2) is 60.3 Å². The van der Waals surface area contributed by atoms with Crippen LogP contribution in [0.3, 0.4) is 0 Å². The van der Waals surface area contributed by atoms with E-state index in [1.807, 2.05) is 0 Å². The second-order valence-corrected chi connectivity index (χ2v) is 7.43. The van der Waals surface area contributed by atoms with Crippen LogP contribution in [-0.2, 0) is 20.9 Å². The third-order valence-electron chi connectivity index (χ3n) is 5.57. The highest BCUT2D eigenvalue weighted by molar-refractivity contribution is 5.96. The summed E-state index contributed by atoms with van der Waals surface area (Å²) >= 11 is 0. The molecule has 0 saturated carbocycles. The number of methoxy groups -OCH3 is 2. The van der Waals surface area contributed by atoms with Crippen molar-refractivity contribution >= 4 is 11.9 Å². The third kappa shape index (κ3) is 4.89. The molecule has 3 rings (SSSR count). The fourth-order valence-electron chi connectivity index (χ4n) is 3.90. The predicted octanol–water partition coefficient (Wildman–Crippen LogP) is 4.50. The Labute approximate surface area is 191 Å². The molecule has 1 atom stereocenters. The molecule has 0 radical (unpaired) electrons. The summed E-state index contributed by atoms with van der Waals surface area (Å²) in [6, 6.07) is 8.56. The van der Waals surface area contributed by atoms with Crippen molar-refractivity contribution in [2.45, 2.75) is 25.8 Å². The number of rotatable bonds is 8. The van der Waals surface area contributed by atoms with Gasteiger partial charge in [-0.25, -0.2) is 13.6 Å². The van der Waals surface area contributed by atoms with Crippen LogP contribution in [0.25, 0.3) is 0 Å². The predicted molar refractivity (Wildman–Crippen MR) is 118 cm³/mol. The van der Waals surface area contributed by atoms with Crippen LogP contribution in [0, 0.1) is 11.6 Å². The van der Waals surface area contributed by atoms with E-state index in [4.69, 9.17) is 14.2 Å². The van der Waals surface area contributed by atoms with E-state index in [2.05, 4.69) is 6.58 Å². The second kappa shape index (κ2) is 10.3. The molecular formula is C25H25F2NO5. The van der Waals surface area contributed by atoms with Gasteiger partial charge in [-0.2, -0.15) is 0 Å². The zero-order chi connectivity index (χ0) is 24.1. The fraction of sp³-hybridized carbons (Fsp3) is 0.280. The van der Waals surface area contributed by atoms with E-state index >= 15 is 0 Å². The van der Waals surface area contributed by atoms with E-state index in [0.29, 0.717) is 17.1 Å². The molecule has 1 heterocycles. The van der Waals surface area contributed by atoms with Gasteiger partial charge < -0.3 is 19.1 Å². The topological polar surface area (TPSA) is 65.1 Å². The maximum absolute atomic E-state index is 14.3. The van der Waals surface area contributed by atoms with Crippen LogP contribution in [-0.4, -0.2) is 37.6 Å². The Balaban J connectivity index is 2.14. The number of amides is 1. The van der Waals surface area contributed by atoms with Crippen LogP contribution >= 0.6 is 0 Å². The first-order chi connectivity index (χ1) is 15.8. The van der Waals surface area contributed by atoms with Crippen molar-refractivity contribution in [1.29, 1.82) is 0 Å². The van der Waals surface area contributed by atoms with Crippen molar-refractivity contribution in [3.05, 3.63) is 83.1 Å². The largest absolute Gasteiger partial charge is 0.497 e. The third-order valence-corrected chi connectivity index (χ3v) is 5.57. The monoisotopic (exact) mass is 457 g/mol. The summed E-state index contributed by atoms with van der Waals surface area (Å²) in [6.07, 6.45) is 1.30. The maximum atomic E-state index is 14.3. The SMILES string of the molecule is C=CCOC(=O)C1=C(C)N(Cc2c(F)cccc2F)C(=O)CC1c1cc(OC)ccc1OC. The van der Waals surface area contributed by atoms with Gasteiger partial charge in [0.05, 0.1) is 26.3 Å². The molecule has 0 aliphatic carbocycles. The summed E-state index contributed by atoms with van der Waals surface area (Å²) in [4.78, 5) is 27.4. The summed E-state index contributed by atoms with van der Waals surface area (Å²) in [6.45, 7) is 4.71. The number of carbonyl (C=O) groups excluding carboxylic acids is 2. The Kier molecular flexibility index (Phi) is 7.48. The molecule has 2 aromatic rings. The molecule has 174 valence electrons. The number of esters is 1. The number of allylic oxidation sites excluding steroid dienone is 1. The summed E-state index contributed by atoms with van der Waals surface area (Å²) in [5.74, 6) is -2.33. The normalized spacial score (nSPS) is 16.0. The van der Waals surface area contributed by atoms with Crippen LogP contribution < -0.4 is 9.47 Å². The van der Waals surface area contributed by atoms with E-state index in [0.717, 1.165) is 12.1 Å². The molecule has 1 amide bonds. The quantitative estimate of drug-likeness (QED) is 0.431. The van der Waals surface area contributed by atoms with Crippen molar-refractivity contribution in [2.24, 2.45) is 0 Å². The van der Waals surface area contributed by atoms with Gasteiger partial charge in [-0.15, -0.1) is 0 Å². The van der Waals surface area contributed by atoms with Gasteiger partial charge >= 0.3 is 5.97 Å². The van der Waals surface area contributed by atoms with Crippen molar-refractivity contribution in [1.82, 2.24) is 4.90 Å². The molecule has 0 saturated heterocycles. The van der Waals surface area contributed by atoms with Gasteiger partial charge in [0, 0.05) is 29.2 Å². The van der Waals surface area contributed by atoms with Gasteiger partial charge in [-0.3, -0.25) is 4.79 Å². The molecular weight excluding hydrogens is 432 g/mol. The van der Waals surface area contributed by atoms with E-state index in [9.17, 15) is 18.4 Å². The summed E-state index contributed by atoms with van der Waals surface area (Å²) in [5, 5.41) is 0. The Morgan fingerprint density at radius 1 is 1.18 bits per heavy atom. The van der Waals surface area contributed by atoms with Gasteiger partial charge in [0.2, 0.25) is 5.91 Å². The molecule has 0 bridgehead atoms. The first-order valence-electron chi connectivity index (χ1n) is 10.3. The first-order valence-corrected chi connectivity index (χ1v) is 10.3. The Hall–Kier alpha value is -3.68. The number of nitrogens with zero attached hydrogens (tertiary/aromatic N) is 1. The van der Waals surface area contributed by atoms with E-state index in [1.165, 1.54) is 31.3 Å². The minimum Gasteiger partial charge on any atom is -0.497 e. The molecule has 33 heavy (non-hydrogen) atoms. The Morgan fingerprint density at radius 3 is 2.48 bits per heavy atom. The molecule has 0 fully saturated rings. The average Bonchev–Trinajstić information content (AvgIpc) is 2.80. The smallest absolute Gasteiger partial charge is 0.336 e. The zero-order valence-corrected chi connectivity index (χ0v) is 18.7. The van der Waals surface area contributed by atoms with Crippen LogP contribution in [0.2, 0.25) is 0 Å². The Morgan fingerprint density at radius 2 is 1.88 bits per heavy atom. The standard InChI is InChI=1S/C25H25F2NO5/c1-5-11-33-25(30)24-15(2)28(14-19-20(26)7-6-8-21(19)27)23(29)13-18(24)17-12-16(31-3)9-10-22(17)32-4/h5-10,12,18H,1,11,13-14H2,2-4H3. The van der Waals surface area contributed by atoms with Crippen molar-refractivity contribution in [2.75, 3.05) is 20.8 Å². The molecule has 6 nitrogen and oxygen atoms in total. The Bertz CT molecular complexity index is 1090. The molecule has 0 aromatic heterocycles. The minimum absolute atomic E-state index is 0.0343. The summed E-state index contributed by atoms with van der Waals surface area (Å²) in [5.41, 5.74) is 0.742. The summed E-state index contributed by atoms with van der Waals surface area (Å²) < 4.78 is 44.6. The molecule has 1 aliphatic heterocycles.